The number of carbonyl (C=O) groups is 3. The Morgan fingerprint density at radius 3 is 2.06 bits per heavy atom. The first-order valence-electron chi connectivity index (χ1n) is 12.5. The average Bonchev–Trinajstić information content (AvgIpc) is 2.77. The molecule has 0 aliphatic carbocycles. The number of amides is 3. The largest absolute Gasteiger partial charge is 0.444 e. The van der Waals surface area contributed by atoms with Crippen LogP contribution in [0.3, 0.4) is 0 Å². The second-order valence-electron chi connectivity index (χ2n) is 10.3. The summed E-state index contributed by atoms with van der Waals surface area (Å²) in [5, 5.41) is 5.58. The third kappa shape index (κ3) is 9.35. The van der Waals surface area contributed by atoms with Crippen molar-refractivity contribution in [1.29, 1.82) is 0 Å². The molecule has 7 nitrogen and oxygen atoms in total. The van der Waals surface area contributed by atoms with E-state index in [-0.39, 0.29) is 18.4 Å². The summed E-state index contributed by atoms with van der Waals surface area (Å²) < 4.78 is 5.27. The van der Waals surface area contributed by atoms with E-state index in [2.05, 4.69) is 24.5 Å². The minimum absolute atomic E-state index is 0.215. The van der Waals surface area contributed by atoms with Gasteiger partial charge in [0, 0.05) is 12.1 Å². The normalized spacial score (nSPS) is 12.6. The van der Waals surface area contributed by atoms with Crippen LogP contribution in [0, 0.1) is 0 Å². The summed E-state index contributed by atoms with van der Waals surface area (Å²) in [6.45, 7) is 15.6. The summed E-state index contributed by atoms with van der Waals surface area (Å²) in [6.07, 6.45) is 3.83. The van der Waals surface area contributed by atoms with E-state index >= 15 is 0 Å². The number of nitrogens with one attached hydrogen (secondary N) is 2. The fraction of sp³-hybridized carbons (Fsp3) is 0.667. The van der Waals surface area contributed by atoms with Crippen molar-refractivity contribution in [2.24, 2.45) is 0 Å². The average molecular weight is 476 g/mol. The lowest BCUT2D eigenvalue weighted by Crippen LogP contribution is -2.56. The third-order valence-corrected chi connectivity index (χ3v) is 5.86. The molecule has 1 aromatic rings. The molecule has 0 bridgehead atoms. The molecule has 34 heavy (non-hydrogen) atoms. The number of hydrogen-bond donors (Lipinski definition) is 2. The molecule has 3 amide bonds. The van der Waals surface area contributed by atoms with Crippen molar-refractivity contribution in [3.05, 3.63) is 35.4 Å². The number of rotatable bonds is 12. The summed E-state index contributed by atoms with van der Waals surface area (Å²) in [4.78, 5) is 40.8. The number of ether oxygens (including phenoxy) is 1. The van der Waals surface area contributed by atoms with Crippen molar-refractivity contribution < 1.29 is 19.1 Å². The van der Waals surface area contributed by atoms with E-state index in [0.29, 0.717) is 13.0 Å². The van der Waals surface area contributed by atoms with Gasteiger partial charge in [-0.3, -0.25) is 9.59 Å². The van der Waals surface area contributed by atoms with Gasteiger partial charge in [-0.1, -0.05) is 57.9 Å². The van der Waals surface area contributed by atoms with Gasteiger partial charge in [-0.2, -0.15) is 0 Å². The van der Waals surface area contributed by atoms with Crippen LogP contribution < -0.4 is 10.6 Å². The molecule has 0 saturated heterocycles. The molecule has 1 unspecified atom stereocenters. The molecule has 7 heteroatoms. The van der Waals surface area contributed by atoms with Gasteiger partial charge in [-0.25, -0.2) is 4.79 Å². The first-order chi connectivity index (χ1) is 15.9. The van der Waals surface area contributed by atoms with Crippen LogP contribution in [0.5, 0.6) is 0 Å². The van der Waals surface area contributed by atoms with Crippen LogP contribution in [-0.2, 0) is 20.7 Å². The van der Waals surface area contributed by atoms with Crippen LogP contribution in [0.1, 0.15) is 98.2 Å². The molecule has 0 saturated carbocycles. The molecule has 0 radical (unpaired) electrons. The van der Waals surface area contributed by atoms with E-state index in [0.717, 1.165) is 36.8 Å². The summed E-state index contributed by atoms with van der Waals surface area (Å²) in [5.74, 6) is -0.557. The second-order valence-corrected chi connectivity index (χ2v) is 10.3. The van der Waals surface area contributed by atoms with Crippen molar-refractivity contribution in [1.82, 2.24) is 15.5 Å². The topological polar surface area (TPSA) is 87.7 Å². The number of carbonyl (C=O) groups excluding carboxylic acids is 3. The maximum atomic E-state index is 13.5. The van der Waals surface area contributed by atoms with E-state index in [1.54, 1.807) is 25.7 Å². The summed E-state index contributed by atoms with van der Waals surface area (Å²) in [5.41, 5.74) is 0.612. The fourth-order valence-corrected chi connectivity index (χ4v) is 3.59. The molecule has 0 spiro atoms. The zero-order valence-electron chi connectivity index (χ0n) is 22.4. The SMILES string of the molecule is CCCCCNC(=O)C(c1ccc(CC)cc1)N(C(=O)CNC(=O)OC(C)(C)C)C(C)(C)CC. The van der Waals surface area contributed by atoms with E-state index in [1.807, 2.05) is 45.0 Å². The summed E-state index contributed by atoms with van der Waals surface area (Å²) in [7, 11) is 0. The lowest BCUT2D eigenvalue weighted by Gasteiger charge is -2.43. The molecule has 1 atom stereocenters. The van der Waals surface area contributed by atoms with E-state index < -0.39 is 23.3 Å². The molecule has 0 fully saturated rings. The van der Waals surface area contributed by atoms with Crippen molar-refractivity contribution in [2.45, 2.75) is 105 Å². The Bertz CT molecular complexity index is 797. The smallest absolute Gasteiger partial charge is 0.408 e. The Hall–Kier alpha value is -2.57. The van der Waals surface area contributed by atoms with Crippen LogP contribution in [0.25, 0.3) is 0 Å². The standard InChI is InChI=1S/C27H45N3O4/c1-9-12-13-18-28-24(32)23(21-16-14-20(10-2)15-17-21)30(27(7,8)11-3)22(31)19-29-25(33)34-26(4,5)6/h14-17,23H,9-13,18-19H2,1-8H3,(H,28,32)(H,29,33). The highest BCUT2D eigenvalue weighted by atomic mass is 16.6. The molecule has 1 rings (SSSR count). The molecule has 0 heterocycles. The predicted octanol–water partition coefficient (Wildman–Crippen LogP) is 5.14. The maximum absolute atomic E-state index is 13.5. The van der Waals surface area contributed by atoms with Crippen molar-refractivity contribution in [2.75, 3.05) is 13.1 Å². The Labute approximate surface area is 206 Å². The van der Waals surface area contributed by atoms with Gasteiger partial charge in [-0.15, -0.1) is 0 Å². The van der Waals surface area contributed by atoms with Crippen molar-refractivity contribution in [3.8, 4) is 0 Å². The highest BCUT2D eigenvalue weighted by Crippen LogP contribution is 2.31. The molecule has 1 aromatic carbocycles. The van der Waals surface area contributed by atoms with Gasteiger partial charge < -0.3 is 20.3 Å². The Balaban J connectivity index is 3.28. The van der Waals surface area contributed by atoms with Crippen LogP contribution in [0.2, 0.25) is 0 Å². The van der Waals surface area contributed by atoms with E-state index in [9.17, 15) is 14.4 Å². The lowest BCUT2D eigenvalue weighted by atomic mass is 9.92. The third-order valence-electron chi connectivity index (χ3n) is 5.86. The highest BCUT2D eigenvalue weighted by Gasteiger charge is 2.40. The zero-order chi connectivity index (χ0) is 25.9. The number of nitrogens with zero attached hydrogens (tertiary/aromatic N) is 1. The Morgan fingerprint density at radius 2 is 1.56 bits per heavy atom. The predicted molar refractivity (Wildman–Crippen MR) is 137 cm³/mol. The van der Waals surface area contributed by atoms with Gasteiger partial charge in [0.15, 0.2) is 0 Å². The van der Waals surface area contributed by atoms with Gasteiger partial charge in [0.25, 0.3) is 0 Å². The van der Waals surface area contributed by atoms with Crippen LogP contribution in [-0.4, -0.2) is 47.0 Å². The molecule has 0 aliphatic rings. The number of aryl methyl sites for hydroxylation is 1. The second kappa shape index (κ2) is 13.4. The summed E-state index contributed by atoms with van der Waals surface area (Å²) in [6, 6.07) is 7.01. The Kier molecular flexibility index (Phi) is 11.6. The zero-order valence-corrected chi connectivity index (χ0v) is 22.4. The number of hydrogen-bond acceptors (Lipinski definition) is 4. The van der Waals surface area contributed by atoms with Gasteiger partial charge in [0.1, 0.15) is 18.2 Å². The lowest BCUT2D eigenvalue weighted by molar-refractivity contribution is -0.146. The number of alkyl carbamates (subject to hydrolysis) is 1. The van der Waals surface area contributed by atoms with E-state index in [4.69, 9.17) is 4.74 Å². The molecule has 192 valence electrons. The van der Waals surface area contributed by atoms with Gasteiger partial charge in [0.05, 0.1) is 0 Å². The molecular weight excluding hydrogens is 430 g/mol. The molecular formula is C27H45N3O4. The van der Waals surface area contributed by atoms with Crippen molar-refractivity contribution in [3.63, 3.8) is 0 Å². The molecule has 2 N–H and O–H groups in total. The van der Waals surface area contributed by atoms with Crippen LogP contribution in [0.15, 0.2) is 24.3 Å². The van der Waals surface area contributed by atoms with Crippen LogP contribution >= 0.6 is 0 Å². The first-order valence-corrected chi connectivity index (χ1v) is 12.5. The van der Waals surface area contributed by atoms with Gasteiger partial charge >= 0.3 is 6.09 Å². The van der Waals surface area contributed by atoms with Crippen molar-refractivity contribution >= 4 is 17.9 Å². The molecule has 0 aliphatic heterocycles. The van der Waals surface area contributed by atoms with Crippen LogP contribution in [0.4, 0.5) is 4.79 Å². The fourth-order valence-electron chi connectivity index (χ4n) is 3.59. The molecule has 0 aromatic heterocycles. The van der Waals surface area contributed by atoms with E-state index in [1.165, 1.54) is 0 Å². The van der Waals surface area contributed by atoms with Gasteiger partial charge in [0.2, 0.25) is 11.8 Å². The maximum Gasteiger partial charge on any atom is 0.408 e. The monoisotopic (exact) mass is 475 g/mol. The minimum Gasteiger partial charge on any atom is -0.444 e. The number of unbranched alkanes of at least 4 members (excludes halogenated alkanes) is 2. The highest BCUT2D eigenvalue weighted by molar-refractivity contribution is 5.91. The first kappa shape index (κ1) is 29.5. The quantitative estimate of drug-likeness (QED) is 0.410. The summed E-state index contributed by atoms with van der Waals surface area (Å²) >= 11 is 0. The number of benzene rings is 1. The Morgan fingerprint density at radius 1 is 0.941 bits per heavy atom. The van der Waals surface area contributed by atoms with Gasteiger partial charge in [-0.05, 0) is 65.0 Å². The minimum atomic E-state index is -0.810.